The molecule has 0 amide bonds. The summed E-state index contributed by atoms with van der Waals surface area (Å²) in [6.07, 6.45) is 4.74. The first-order valence-corrected chi connectivity index (χ1v) is 10.8. The van der Waals surface area contributed by atoms with Crippen LogP contribution in [0.1, 0.15) is 58.4 Å². The number of nitrogens with zero attached hydrogens (tertiary/aromatic N) is 2. The number of benzene rings is 2. The van der Waals surface area contributed by atoms with E-state index in [-0.39, 0.29) is 11.4 Å². The molecule has 162 valence electrons. The lowest BCUT2D eigenvalue weighted by molar-refractivity contribution is -0.154. The van der Waals surface area contributed by atoms with Crippen molar-refractivity contribution in [2.24, 2.45) is 15.6 Å². The molecule has 0 spiro atoms. The quantitative estimate of drug-likeness (QED) is 0.209. The van der Waals surface area contributed by atoms with Gasteiger partial charge in [-0.2, -0.15) is 10.2 Å². The fourth-order valence-electron chi connectivity index (χ4n) is 2.67. The molecule has 5 heteroatoms. The number of ether oxygens (including phenoxy) is 2. The Morgan fingerprint density at radius 1 is 0.900 bits per heavy atom. The second kappa shape index (κ2) is 12.1. The molecule has 30 heavy (non-hydrogen) atoms. The van der Waals surface area contributed by atoms with E-state index in [4.69, 9.17) is 9.47 Å². The van der Waals surface area contributed by atoms with Crippen molar-refractivity contribution in [3.63, 3.8) is 0 Å². The topological polar surface area (TPSA) is 60.2 Å². The third-order valence-electron chi connectivity index (χ3n) is 5.10. The van der Waals surface area contributed by atoms with Crippen molar-refractivity contribution in [1.82, 2.24) is 0 Å². The maximum atomic E-state index is 11.9. The number of carbonyl (C=O) groups is 1. The summed E-state index contributed by atoms with van der Waals surface area (Å²) in [6.45, 7) is 9.06. The maximum Gasteiger partial charge on any atom is 0.311 e. The molecule has 0 aliphatic rings. The molecule has 0 aromatic heterocycles. The van der Waals surface area contributed by atoms with E-state index in [1.165, 1.54) is 0 Å². The number of rotatable bonds is 12. The molecule has 0 atom stereocenters. The smallest absolute Gasteiger partial charge is 0.311 e. The van der Waals surface area contributed by atoms with Crippen molar-refractivity contribution < 1.29 is 14.3 Å². The Morgan fingerprint density at radius 3 is 2.23 bits per heavy atom. The molecule has 0 fully saturated rings. The summed E-state index contributed by atoms with van der Waals surface area (Å²) in [7, 11) is 0. The van der Waals surface area contributed by atoms with Gasteiger partial charge >= 0.3 is 5.97 Å². The predicted octanol–water partition coefficient (Wildman–Crippen LogP) is 7.33. The Bertz CT molecular complexity index is 813. The van der Waals surface area contributed by atoms with Crippen LogP contribution in [0, 0.1) is 12.3 Å². The summed E-state index contributed by atoms with van der Waals surface area (Å²) in [5.41, 5.74) is 2.42. The second-order valence-corrected chi connectivity index (χ2v) is 8.17. The minimum atomic E-state index is -0.384. The summed E-state index contributed by atoms with van der Waals surface area (Å²) >= 11 is 0. The second-order valence-electron chi connectivity index (χ2n) is 8.17. The molecular formula is C25H34N2O3. The highest BCUT2D eigenvalue weighted by Crippen LogP contribution is 2.23. The molecule has 0 saturated heterocycles. The van der Waals surface area contributed by atoms with E-state index in [2.05, 4.69) is 10.2 Å². The SMILES string of the molecule is CCC(C)(C)C(=O)OCCCCCCOc1ccc(N=Nc2cccc(C)c2)cc1. The lowest BCUT2D eigenvalue weighted by Gasteiger charge is -2.20. The summed E-state index contributed by atoms with van der Waals surface area (Å²) in [6, 6.07) is 15.6. The lowest BCUT2D eigenvalue weighted by Crippen LogP contribution is -2.26. The highest BCUT2D eigenvalue weighted by Gasteiger charge is 2.26. The Labute approximate surface area is 180 Å². The van der Waals surface area contributed by atoms with E-state index in [1.54, 1.807) is 0 Å². The van der Waals surface area contributed by atoms with Gasteiger partial charge in [0.2, 0.25) is 0 Å². The van der Waals surface area contributed by atoms with Crippen LogP contribution >= 0.6 is 0 Å². The van der Waals surface area contributed by atoms with Gasteiger partial charge in [0.05, 0.1) is 30.0 Å². The van der Waals surface area contributed by atoms with Crippen molar-refractivity contribution in [3.05, 3.63) is 54.1 Å². The highest BCUT2D eigenvalue weighted by molar-refractivity contribution is 5.75. The van der Waals surface area contributed by atoms with Gasteiger partial charge in [0.15, 0.2) is 0 Å². The molecule has 2 aromatic rings. The summed E-state index contributed by atoms with van der Waals surface area (Å²) < 4.78 is 11.1. The summed E-state index contributed by atoms with van der Waals surface area (Å²) in [4.78, 5) is 11.9. The average Bonchev–Trinajstić information content (AvgIpc) is 2.74. The zero-order chi connectivity index (χ0) is 21.8. The van der Waals surface area contributed by atoms with Gasteiger partial charge in [-0.3, -0.25) is 4.79 Å². The van der Waals surface area contributed by atoms with Crippen LogP contribution in [-0.4, -0.2) is 19.2 Å². The van der Waals surface area contributed by atoms with Gasteiger partial charge in [0.25, 0.3) is 0 Å². The standard InChI is InChI=1S/C25H34N2O3/c1-5-25(3,4)24(28)30-18-9-7-6-8-17-29-23-15-13-21(14-16-23)26-27-22-12-10-11-20(2)19-22/h10-16,19H,5-9,17-18H2,1-4H3. The molecule has 0 radical (unpaired) electrons. The Morgan fingerprint density at radius 2 is 1.57 bits per heavy atom. The van der Waals surface area contributed by atoms with Crippen LogP contribution in [0.2, 0.25) is 0 Å². The van der Waals surface area contributed by atoms with Crippen LogP contribution < -0.4 is 4.74 Å². The number of unbranched alkanes of at least 4 members (excludes halogenated alkanes) is 3. The van der Waals surface area contributed by atoms with Gasteiger partial charge in [-0.25, -0.2) is 0 Å². The summed E-state index contributed by atoms with van der Waals surface area (Å²) in [5, 5.41) is 8.52. The molecular weight excluding hydrogens is 376 g/mol. The number of hydrogen-bond donors (Lipinski definition) is 0. The molecule has 2 rings (SSSR count). The molecule has 0 aliphatic heterocycles. The third kappa shape index (κ3) is 8.36. The van der Waals surface area contributed by atoms with Crippen LogP contribution in [0.25, 0.3) is 0 Å². The summed E-state index contributed by atoms with van der Waals surface area (Å²) in [5.74, 6) is 0.732. The van der Waals surface area contributed by atoms with E-state index in [0.717, 1.165) is 54.8 Å². The molecule has 0 aliphatic carbocycles. The maximum absolute atomic E-state index is 11.9. The zero-order valence-corrected chi connectivity index (χ0v) is 18.7. The first-order chi connectivity index (χ1) is 14.4. The average molecular weight is 411 g/mol. The number of carbonyl (C=O) groups excluding carboxylic acids is 1. The fourth-order valence-corrected chi connectivity index (χ4v) is 2.67. The Kier molecular flexibility index (Phi) is 9.52. The third-order valence-corrected chi connectivity index (χ3v) is 5.10. The van der Waals surface area contributed by atoms with E-state index in [0.29, 0.717) is 13.2 Å². The van der Waals surface area contributed by atoms with Crippen LogP contribution in [-0.2, 0) is 9.53 Å². The van der Waals surface area contributed by atoms with Gasteiger partial charge in [-0.05, 0) is 94.8 Å². The fraction of sp³-hybridized carbons (Fsp3) is 0.480. The molecule has 0 heterocycles. The molecule has 2 aromatic carbocycles. The molecule has 0 bridgehead atoms. The molecule has 0 saturated carbocycles. The Balaban J connectivity index is 1.59. The minimum Gasteiger partial charge on any atom is -0.494 e. The number of hydrogen-bond acceptors (Lipinski definition) is 5. The lowest BCUT2D eigenvalue weighted by atomic mass is 9.91. The number of esters is 1. The number of aryl methyl sites for hydroxylation is 1. The van der Waals surface area contributed by atoms with Gasteiger partial charge in [-0.1, -0.05) is 19.1 Å². The van der Waals surface area contributed by atoms with Crippen LogP contribution in [0.4, 0.5) is 11.4 Å². The normalized spacial score (nSPS) is 11.6. The first kappa shape index (κ1) is 23.6. The number of azo groups is 1. The van der Waals surface area contributed by atoms with Crippen molar-refractivity contribution in [2.75, 3.05) is 13.2 Å². The van der Waals surface area contributed by atoms with Crippen molar-refractivity contribution in [1.29, 1.82) is 0 Å². The minimum absolute atomic E-state index is 0.102. The van der Waals surface area contributed by atoms with Crippen molar-refractivity contribution >= 4 is 17.3 Å². The van der Waals surface area contributed by atoms with E-state index >= 15 is 0 Å². The zero-order valence-electron chi connectivity index (χ0n) is 18.7. The largest absolute Gasteiger partial charge is 0.494 e. The van der Waals surface area contributed by atoms with E-state index < -0.39 is 0 Å². The molecule has 5 nitrogen and oxygen atoms in total. The van der Waals surface area contributed by atoms with Crippen LogP contribution in [0.5, 0.6) is 5.75 Å². The van der Waals surface area contributed by atoms with E-state index in [1.807, 2.05) is 76.2 Å². The molecule has 0 N–H and O–H groups in total. The van der Waals surface area contributed by atoms with Gasteiger partial charge < -0.3 is 9.47 Å². The first-order valence-electron chi connectivity index (χ1n) is 10.8. The van der Waals surface area contributed by atoms with Crippen molar-refractivity contribution in [3.8, 4) is 5.75 Å². The van der Waals surface area contributed by atoms with E-state index in [9.17, 15) is 4.79 Å². The Hall–Kier alpha value is -2.69. The van der Waals surface area contributed by atoms with Gasteiger partial charge in [0, 0.05) is 0 Å². The van der Waals surface area contributed by atoms with Crippen LogP contribution in [0.3, 0.4) is 0 Å². The van der Waals surface area contributed by atoms with Gasteiger partial charge in [-0.15, -0.1) is 0 Å². The monoisotopic (exact) mass is 410 g/mol. The van der Waals surface area contributed by atoms with Gasteiger partial charge in [0.1, 0.15) is 5.75 Å². The predicted molar refractivity (Wildman–Crippen MR) is 121 cm³/mol. The van der Waals surface area contributed by atoms with Crippen LogP contribution in [0.15, 0.2) is 58.8 Å². The highest BCUT2D eigenvalue weighted by atomic mass is 16.5. The van der Waals surface area contributed by atoms with Crippen molar-refractivity contribution in [2.45, 2.75) is 59.8 Å². The molecule has 0 unspecified atom stereocenters.